The minimum atomic E-state index is -2.31. The van der Waals surface area contributed by atoms with Crippen molar-refractivity contribution < 1.29 is 22.0 Å². The molecular formula is C97H57F5N14. The van der Waals surface area contributed by atoms with E-state index in [0.717, 1.165) is 44.5 Å². The summed E-state index contributed by atoms with van der Waals surface area (Å²) in [6, 6.07) is 103. The van der Waals surface area contributed by atoms with Crippen LogP contribution >= 0.6 is 0 Å². The van der Waals surface area contributed by atoms with Gasteiger partial charge in [-0.25, -0.2) is 81.8 Å². The lowest BCUT2D eigenvalue weighted by molar-refractivity contribution is 0.381. The average Bonchev–Trinajstić information content (AvgIpc) is 1.54. The molecule has 550 valence electrons. The summed E-state index contributed by atoms with van der Waals surface area (Å²) in [5, 5.41) is 2.48. The van der Waals surface area contributed by atoms with E-state index >= 15 is 22.0 Å². The van der Waals surface area contributed by atoms with Gasteiger partial charge in [-0.3, -0.25) is 0 Å². The van der Waals surface area contributed by atoms with Crippen LogP contribution in [0.3, 0.4) is 0 Å². The maximum atomic E-state index is 17.7. The first kappa shape index (κ1) is 69.6. The van der Waals surface area contributed by atoms with E-state index in [1.807, 2.05) is 327 Å². The molecule has 0 unspecified atom stereocenters. The summed E-state index contributed by atoms with van der Waals surface area (Å²) in [4.78, 5) is 60.9. The third kappa shape index (κ3) is 12.6. The third-order valence-electron chi connectivity index (χ3n) is 20.6. The van der Waals surface area contributed by atoms with Crippen LogP contribution in [-0.2, 0) is 0 Å². The minimum Gasteiger partial charge on any atom is -0.309 e. The molecule has 20 aromatic rings. The van der Waals surface area contributed by atoms with Crippen molar-refractivity contribution in [2.24, 2.45) is 0 Å². The van der Waals surface area contributed by atoms with Crippen LogP contribution in [0.5, 0.6) is 0 Å². The van der Waals surface area contributed by atoms with Crippen LogP contribution in [0.2, 0.25) is 0 Å². The zero-order chi connectivity index (χ0) is 78.1. The minimum absolute atomic E-state index is 0.0626. The number of halogens is 5. The number of rotatable bonds is 15. The molecular weight excluding hydrogens is 1460 g/mol. The van der Waals surface area contributed by atoms with Crippen molar-refractivity contribution in [1.82, 2.24) is 68.9 Å². The maximum Gasteiger partial charge on any atom is 0.200 e. The van der Waals surface area contributed by atoms with Gasteiger partial charge in [-0.15, -0.1) is 0 Å². The van der Waals surface area contributed by atoms with E-state index in [-0.39, 0.29) is 11.3 Å². The Morgan fingerprint density at radius 1 is 0.190 bits per heavy atom. The van der Waals surface area contributed by atoms with Gasteiger partial charge in [0.1, 0.15) is 0 Å². The van der Waals surface area contributed by atoms with E-state index in [9.17, 15) is 0 Å². The van der Waals surface area contributed by atoms with Gasteiger partial charge < -0.3 is 9.13 Å². The highest BCUT2D eigenvalue weighted by Gasteiger charge is 2.32. The number of hydrogen-bond acceptors (Lipinski definition) is 12. The standard InChI is InChI=1S/C97H57F5N14/c1-56-50-79(116-76-48-44-67(96-111-90(61-34-18-6-19-35-61)105-91(112-96)62-36-20-7-21-37-62)53-71(76)72-54-68(45-49-77(72)116)97-113-92(63-38-22-8-23-39-63)106-93(114-97)64-40-24-9-25-41-64)73(80-81(98)83(100)85(102)84(101)82(80)99)55-78(56)115-74-46-42-65(94-107-86(57-26-10-2-11-27-57)103-87(108-94)58-28-12-3-13-29-58)51-69(74)70-52-66(43-47-75(70)115)95-109-88(59-30-14-4-15-31-59)104-89(110-95)60-32-16-5-17-33-60/h2-55H,1H3. The van der Waals surface area contributed by atoms with E-state index in [0.29, 0.717) is 147 Å². The van der Waals surface area contributed by atoms with Crippen LogP contribution < -0.4 is 0 Å². The van der Waals surface area contributed by atoms with Gasteiger partial charge in [0, 0.05) is 99.6 Å². The largest absolute Gasteiger partial charge is 0.309 e. The Bertz CT molecular complexity index is 6620. The number of aromatic nitrogens is 14. The predicted octanol–water partition coefficient (Wildman–Crippen LogP) is 23.3. The number of nitrogens with zero attached hydrogens (tertiary/aromatic N) is 14. The van der Waals surface area contributed by atoms with E-state index in [4.69, 9.17) is 59.8 Å². The molecule has 0 radical (unpaired) electrons. The van der Waals surface area contributed by atoms with Crippen LogP contribution in [0.4, 0.5) is 22.0 Å². The zero-order valence-corrected chi connectivity index (χ0v) is 61.3. The molecule has 0 aliphatic rings. The maximum absolute atomic E-state index is 17.7. The molecule has 0 atom stereocenters. The summed E-state index contributed by atoms with van der Waals surface area (Å²) in [6.45, 7) is 1.85. The second-order valence-corrected chi connectivity index (χ2v) is 27.9. The molecule has 116 heavy (non-hydrogen) atoms. The second-order valence-electron chi connectivity index (χ2n) is 27.9. The monoisotopic (exact) mass is 1510 g/mol. The summed E-state index contributed by atoms with van der Waals surface area (Å²) < 4.78 is 87.9. The highest BCUT2D eigenvalue weighted by atomic mass is 19.2. The van der Waals surface area contributed by atoms with E-state index < -0.39 is 34.6 Å². The lowest BCUT2D eigenvalue weighted by Gasteiger charge is -2.21. The quantitative estimate of drug-likeness (QED) is 0.0543. The molecule has 0 saturated heterocycles. The molecule has 0 fully saturated rings. The van der Waals surface area contributed by atoms with Crippen molar-refractivity contribution in [3.8, 4) is 159 Å². The lowest BCUT2D eigenvalue weighted by atomic mass is 9.97. The van der Waals surface area contributed by atoms with Crippen molar-refractivity contribution in [2.75, 3.05) is 0 Å². The molecule has 14 aromatic carbocycles. The average molecular weight is 1510 g/mol. The van der Waals surface area contributed by atoms with Gasteiger partial charge in [-0.2, -0.15) is 0 Å². The first-order valence-corrected chi connectivity index (χ1v) is 37.3. The first-order chi connectivity index (χ1) is 57.0. The van der Waals surface area contributed by atoms with Gasteiger partial charge in [-0.05, 0) is 97.4 Å². The fraction of sp³-hybridized carbons (Fsp3) is 0.0103. The summed E-state index contributed by atoms with van der Waals surface area (Å²) in [5.41, 5.74) is 9.89. The fourth-order valence-electron chi connectivity index (χ4n) is 15.0. The Balaban J connectivity index is 0.847. The van der Waals surface area contributed by atoms with Gasteiger partial charge in [-0.1, -0.05) is 243 Å². The van der Waals surface area contributed by atoms with Crippen LogP contribution in [0.25, 0.3) is 203 Å². The molecule has 6 aromatic heterocycles. The Hall–Kier alpha value is -15.6. The molecule has 0 bridgehead atoms. The van der Waals surface area contributed by atoms with Crippen molar-refractivity contribution in [3.05, 3.63) is 362 Å². The van der Waals surface area contributed by atoms with Crippen LogP contribution in [0.1, 0.15) is 5.56 Å². The third-order valence-corrected chi connectivity index (χ3v) is 20.6. The molecule has 0 spiro atoms. The molecule has 0 aliphatic carbocycles. The van der Waals surface area contributed by atoms with Gasteiger partial charge in [0.05, 0.1) is 33.3 Å². The highest BCUT2D eigenvalue weighted by Crippen LogP contribution is 2.46. The van der Waals surface area contributed by atoms with Gasteiger partial charge >= 0.3 is 0 Å². The van der Waals surface area contributed by atoms with E-state index in [1.54, 1.807) is 10.6 Å². The summed E-state index contributed by atoms with van der Waals surface area (Å²) in [7, 11) is 0. The first-order valence-electron chi connectivity index (χ1n) is 37.3. The molecule has 6 heterocycles. The van der Waals surface area contributed by atoms with Crippen molar-refractivity contribution in [3.63, 3.8) is 0 Å². The van der Waals surface area contributed by atoms with E-state index in [2.05, 4.69) is 0 Å². The number of hydrogen-bond donors (Lipinski definition) is 0. The Morgan fingerprint density at radius 2 is 0.379 bits per heavy atom. The van der Waals surface area contributed by atoms with Gasteiger partial charge in [0.2, 0.25) is 5.82 Å². The lowest BCUT2D eigenvalue weighted by Crippen LogP contribution is -2.08. The molecule has 20 rings (SSSR count). The Labute approximate surface area is 659 Å². The summed E-state index contributed by atoms with van der Waals surface area (Å²) in [5.74, 6) is -5.86. The van der Waals surface area contributed by atoms with Crippen molar-refractivity contribution in [1.29, 1.82) is 0 Å². The van der Waals surface area contributed by atoms with Crippen molar-refractivity contribution in [2.45, 2.75) is 6.92 Å². The fourth-order valence-corrected chi connectivity index (χ4v) is 15.0. The molecule has 0 amide bonds. The second kappa shape index (κ2) is 28.9. The molecule has 19 heteroatoms. The van der Waals surface area contributed by atoms with Crippen LogP contribution in [-0.4, -0.2) is 68.9 Å². The summed E-state index contributed by atoms with van der Waals surface area (Å²) in [6.07, 6.45) is 0. The molecule has 14 nitrogen and oxygen atoms in total. The Kier molecular flexibility index (Phi) is 17.3. The molecule has 0 saturated carbocycles. The highest BCUT2D eigenvalue weighted by molar-refractivity contribution is 6.14. The van der Waals surface area contributed by atoms with Crippen molar-refractivity contribution >= 4 is 43.6 Å². The topological polar surface area (TPSA) is 165 Å². The molecule has 0 N–H and O–H groups in total. The number of aryl methyl sites for hydroxylation is 1. The van der Waals surface area contributed by atoms with Crippen LogP contribution in [0.15, 0.2) is 328 Å². The smallest absolute Gasteiger partial charge is 0.200 e. The Morgan fingerprint density at radius 3 is 0.595 bits per heavy atom. The van der Waals surface area contributed by atoms with Gasteiger partial charge in [0.25, 0.3) is 0 Å². The molecule has 0 aliphatic heterocycles. The SMILES string of the molecule is Cc1cc(-n2c3ccc(-c4nc(-c5ccccc5)nc(-c5ccccc5)n4)cc3c3cc(-c4nc(-c5ccccc5)nc(-c5ccccc5)n4)ccc32)c(-c2c(F)c(F)c(F)c(F)c2F)cc1-n1c2ccc(-c3nc(-c4ccccc4)nc(-c4ccccc4)n3)cc2c2cc(-c3nc(-c4ccccc4)nc(-c4ccccc4)n3)ccc21. The predicted molar refractivity (Wildman–Crippen MR) is 444 cm³/mol. The number of fused-ring (bicyclic) bond motifs is 6. The van der Waals surface area contributed by atoms with Gasteiger partial charge in [0.15, 0.2) is 93.2 Å². The number of benzene rings is 14. The van der Waals surface area contributed by atoms with Crippen LogP contribution in [0, 0.1) is 36.0 Å². The summed E-state index contributed by atoms with van der Waals surface area (Å²) >= 11 is 0. The van der Waals surface area contributed by atoms with E-state index in [1.165, 1.54) is 6.07 Å². The normalized spacial score (nSPS) is 11.5. The zero-order valence-electron chi connectivity index (χ0n) is 61.3.